The van der Waals surface area contributed by atoms with Crippen molar-refractivity contribution in [1.82, 2.24) is 4.57 Å². The van der Waals surface area contributed by atoms with Crippen molar-refractivity contribution in [3.8, 4) is 5.75 Å². The van der Waals surface area contributed by atoms with Crippen LogP contribution in [0.15, 0.2) is 47.4 Å². The van der Waals surface area contributed by atoms with E-state index in [1.807, 2.05) is 0 Å². The average molecular weight is 248 g/mol. The van der Waals surface area contributed by atoms with Gasteiger partial charge in [-0.2, -0.15) is 0 Å². The van der Waals surface area contributed by atoms with Crippen molar-refractivity contribution in [3.05, 3.63) is 58.8 Å². The minimum absolute atomic E-state index is 0.146. The lowest BCUT2D eigenvalue weighted by Crippen LogP contribution is -2.22. The van der Waals surface area contributed by atoms with Crippen molar-refractivity contribution >= 4 is 5.69 Å². The lowest BCUT2D eigenvalue weighted by atomic mass is 10.3. The van der Waals surface area contributed by atoms with Crippen LogP contribution in [0.4, 0.5) is 10.1 Å². The van der Waals surface area contributed by atoms with Gasteiger partial charge in [0.25, 0.3) is 5.56 Å². The van der Waals surface area contributed by atoms with Crippen LogP contribution in [0.5, 0.6) is 5.75 Å². The molecular weight excluding hydrogens is 235 g/mol. The molecule has 5 heteroatoms. The zero-order valence-electron chi connectivity index (χ0n) is 9.67. The highest BCUT2D eigenvalue weighted by molar-refractivity contribution is 5.33. The normalized spacial score (nSPS) is 10.3. The Morgan fingerprint density at radius 3 is 2.89 bits per heavy atom. The van der Waals surface area contributed by atoms with Crippen LogP contribution in [0.25, 0.3) is 0 Å². The third-order valence-corrected chi connectivity index (χ3v) is 2.40. The summed E-state index contributed by atoms with van der Waals surface area (Å²) in [6.45, 7) is 0.632. The number of halogens is 1. The molecule has 0 radical (unpaired) electrons. The number of anilines is 1. The quantitative estimate of drug-likeness (QED) is 0.895. The Morgan fingerprint density at radius 2 is 2.11 bits per heavy atom. The highest BCUT2D eigenvalue weighted by atomic mass is 19.1. The van der Waals surface area contributed by atoms with Gasteiger partial charge in [0.05, 0.1) is 6.54 Å². The van der Waals surface area contributed by atoms with Crippen molar-refractivity contribution in [2.75, 3.05) is 12.3 Å². The van der Waals surface area contributed by atoms with Gasteiger partial charge in [-0.25, -0.2) is 4.39 Å². The SMILES string of the molecule is Nc1ccc(=O)n(CCOc2cccc(F)c2)c1. The second-order valence-electron chi connectivity index (χ2n) is 3.80. The molecule has 18 heavy (non-hydrogen) atoms. The molecule has 0 amide bonds. The second-order valence-corrected chi connectivity index (χ2v) is 3.80. The van der Waals surface area contributed by atoms with Crippen LogP contribution in [-0.2, 0) is 6.54 Å². The maximum atomic E-state index is 12.9. The third kappa shape index (κ3) is 3.10. The average Bonchev–Trinajstić information content (AvgIpc) is 2.34. The number of aromatic nitrogens is 1. The zero-order valence-corrected chi connectivity index (χ0v) is 9.67. The molecule has 0 aliphatic carbocycles. The van der Waals surface area contributed by atoms with Gasteiger partial charge in [-0.3, -0.25) is 4.79 Å². The molecule has 94 valence electrons. The van der Waals surface area contributed by atoms with Crippen molar-refractivity contribution in [2.24, 2.45) is 0 Å². The maximum Gasteiger partial charge on any atom is 0.250 e. The molecule has 1 aromatic carbocycles. The monoisotopic (exact) mass is 248 g/mol. The first kappa shape index (κ1) is 12.2. The highest BCUT2D eigenvalue weighted by Gasteiger charge is 1.99. The fraction of sp³-hybridized carbons (Fsp3) is 0.154. The first-order chi connectivity index (χ1) is 8.65. The maximum absolute atomic E-state index is 12.9. The van der Waals surface area contributed by atoms with Crippen molar-refractivity contribution in [2.45, 2.75) is 6.54 Å². The number of benzene rings is 1. The van der Waals surface area contributed by atoms with E-state index in [4.69, 9.17) is 10.5 Å². The Balaban J connectivity index is 1.96. The number of hydrogen-bond acceptors (Lipinski definition) is 3. The number of nitrogen functional groups attached to an aromatic ring is 1. The lowest BCUT2D eigenvalue weighted by Gasteiger charge is -2.08. The Bertz CT molecular complexity index is 596. The summed E-state index contributed by atoms with van der Waals surface area (Å²) < 4.78 is 19.7. The van der Waals surface area contributed by atoms with Crippen LogP contribution >= 0.6 is 0 Å². The fourth-order valence-corrected chi connectivity index (χ4v) is 1.54. The van der Waals surface area contributed by atoms with E-state index in [1.54, 1.807) is 24.4 Å². The molecule has 0 saturated heterocycles. The molecular formula is C13H13FN2O2. The molecule has 0 fully saturated rings. The number of nitrogens with two attached hydrogens (primary N) is 1. The minimum atomic E-state index is -0.353. The summed E-state index contributed by atoms with van der Waals surface area (Å²) in [5.74, 6) is 0.0839. The van der Waals surface area contributed by atoms with E-state index in [2.05, 4.69) is 0 Å². The Morgan fingerprint density at radius 1 is 1.28 bits per heavy atom. The molecule has 0 bridgehead atoms. The van der Waals surface area contributed by atoms with Crippen LogP contribution in [-0.4, -0.2) is 11.2 Å². The summed E-state index contributed by atoms with van der Waals surface area (Å²) in [5.41, 5.74) is 5.95. The van der Waals surface area contributed by atoms with E-state index in [1.165, 1.54) is 22.8 Å². The second kappa shape index (κ2) is 5.35. The van der Waals surface area contributed by atoms with E-state index in [-0.39, 0.29) is 18.0 Å². The van der Waals surface area contributed by atoms with Gasteiger partial charge in [0, 0.05) is 24.0 Å². The molecule has 4 nitrogen and oxygen atoms in total. The molecule has 0 spiro atoms. The number of rotatable bonds is 4. The predicted molar refractivity (Wildman–Crippen MR) is 67.0 cm³/mol. The summed E-state index contributed by atoms with van der Waals surface area (Å²) in [5, 5.41) is 0. The summed E-state index contributed by atoms with van der Waals surface area (Å²) in [6.07, 6.45) is 1.55. The standard InChI is InChI=1S/C13H13FN2O2/c14-10-2-1-3-12(8-10)18-7-6-16-9-11(15)4-5-13(16)17/h1-5,8-9H,6-7,15H2. The largest absolute Gasteiger partial charge is 0.492 e. The Labute approximate surface area is 103 Å². The topological polar surface area (TPSA) is 57.2 Å². The molecule has 0 aliphatic rings. The number of ether oxygens (including phenoxy) is 1. The summed E-state index contributed by atoms with van der Waals surface area (Å²) in [6, 6.07) is 8.81. The number of hydrogen-bond donors (Lipinski definition) is 1. The number of nitrogens with zero attached hydrogens (tertiary/aromatic N) is 1. The molecule has 2 aromatic rings. The zero-order chi connectivity index (χ0) is 13.0. The van der Waals surface area contributed by atoms with Gasteiger partial charge in [-0.05, 0) is 18.2 Å². The summed E-state index contributed by atoms with van der Waals surface area (Å²) in [7, 11) is 0. The molecule has 1 aromatic heterocycles. The fourth-order valence-electron chi connectivity index (χ4n) is 1.54. The molecule has 2 rings (SSSR count). The molecule has 1 heterocycles. The van der Waals surface area contributed by atoms with Crippen LogP contribution in [0.2, 0.25) is 0 Å². The first-order valence-corrected chi connectivity index (χ1v) is 5.49. The van der Waals surface area contributed by atoms with E-state index in [0.29, 0.717) is 18.0 Å². The van der Waals surface area contributed by atoms with Crippen LogP contribution in [0.1, 0.15) is 0 Å². The van der Waals surface area contributed by atoms with Crippen molar-refractivity contribution in [1.29, 1.82) is 0 Å². The number of pyridine rings is 1. The van der Waals surface area contributed by atoms with Gasteiger partial charge in [0.15, 0.2) is 0 Å². The van der Waals surface area contributed by atoms with E-state index < -0.39 is 0 Å². The van der Waals surface area contributed by atoms with Gasteiger partial charge < -0.3 is 15.0 Å². The van der Waals surface area contributed by atoms with Gasteiger partial charge in [-0.1, -0.05) is 6.07 Å². The summed E-state index contributed by atoms with van der Waals surface area (Å²) >= 11 is 0. The van der Waals surface area contributed by atoms with E-state index in [0.717, 1.165) is 0 Å². The van der Waals surface area contributed by atoms with Gasteiger partial charge in [0.1, 0.15) is 18.2 Å². The van der Waals surface area contributed by atoms with Crippen LogP contribution in [0, 0.1) is 5.82 Å². The molecule has 2 N–H and O–H groups in total. The molecule has 0 unspecified atom stereocenters. The predicted octanol–water partition coefficient (Wildman–Crippen LogP) is 1.65. The lowest BCUT2D eigenvalue weighted by molar-refractivity contribution is 0.295. The molecule has 0 atom stereocenters. The van der Waals surface area contributed by atoms with Gasteiger partial charge >= 0.3 is 0 Å². The Kier molecular flexibility index (Phi) is 3.62. The van der Waals surface area contributed by atoms with Crippen molar-refractivity contribution < 1.29 is 9.13 Å². The smallest absolute Gasteiger partial charge is 0.250 e. The first-order valence-electron chi connectivity index (χ1n) is 5.49. The van der Waals surface area contributed by atoms with Crippen molar-refractivity contribution in [3.63, 3.8) is 0 Å². The molecule has 0 saturated carbocycles. The van der Waals surface area contributed by atoms with Crippen LogP contribution in [0.3, 0.4) is 0 Å². The third-order valence-electron chi connectivity index (χ3n) is 2.40. The van der Waals surface area contributed by atoms with Crippen LogP contribution < -0.4 is 16.0 Å². The minimum Gasteiger partial charge on any atom is -0.492 e. The van der Waals surface area contributed by atoms with Gasteiger partial charge in [-0.15, -0.1) is 0 Å². The Hall–Kier alpha value is -2.30. The van der Waals surface area contributed by atoms with E-state index >= 15 is 0 Å². The molecule has 0 aliphatic heterocycles. The van der Waals surface area contributed by atoms with Gasteiger partial charge in [0.2, 0.25) is 0 Å². The summed E-state index contributed by atoms with van der Waals surface area (Å²) in [4.78, 5) is 11.5. The highest BCUT2D eigenvalue weighted by Crippen LogP contribution is 2.11. The van der Waals surface area contributed by atoms with E-state index in [9.17, 15) is 9.18 Å².